The Morgan fingerprint density at radius 3 is 2.64 bits per heavy atom. The molecule has 0 bridgehead atoms. The molecular weight excluding hydrogens is 326 g/mol. The maximum absolute atomic E-state index is 12.3. The number of carbonyl (C=O) groups excluding carboxylic acids is 1. The van der Waals surface area contributed by atoms with Crippen molar-refractivity contribution in [1.29, 1.82) is 0 Å². The highest BCUT2D eigenvalue weighted by Gasteiger charge is 2.28. The van der Waals surface area contributed by atoms with Crippen LogP contribution in [0.5, 0.6) is 0 Å². The van der Waals surface area contributed by atoms with E-state index in [1.165, 1.54) is 17.0 Å². The molecule has 8 heteroatoms. The Balaban J connectivity index is 0.00000242. The Morgan fingerprint density at radius 1 is 1.45 bits per heavy atom. The topological polar surface area (TPSA) is 92.5 Å². The summed E-state index contributed by atoms with van der Waals surface area (Å²) < 4.78 is 26.9. The molecule has 2 rings (SSSR count). The maximum atomic E-state index is 12.3. The van der Waals surface area contributed by atoms with Crippen LogP contribution in [-0.2, 0) is 10.0 Å². The monoisotopic (exact) mass is 347 g/mol. The fourth-order valence-electron chi connectivity index (χ4n) is 1.85. The summed E-state index contributed by atoms with van der Waals surface area (Å²) in [7, 11) is -1.89. The van der Waals surface area contributed by atoms with Gasteiger partial charge in [0.2, 0.25) is 10.0 Å². The summed E-state index contributed by atoms with van der Waals surface area (Å²) in [5, 5.41) is 0. The maximum Gasteiger partial charge on any atom is 0.253 e. The smallest absolute Gasteiger partial charge is 0.253 e. The van der Waals surface area contributed by atoms with E-state index in [2.05, 4.69) is 4.72 Å². The first kappa shape index (κ1) is 18.9. The zero-order valence-corrected chi connectivity index (χ0v) is 14.3. The molecule has 124 valence electrons. The summed E-state index contributed by atoms with van der Waals surface area (Å²) in [6.07, 6.45) is 1.74. The number of hydrogen-bond donors (Lipinski definition) is 2. The van der Waals surface area contributed by atoms with Crippen molar-refractivity contribution in [1.82, 2.24) is 9.62 Å². The van der Waals surface area contributed by atoms with E-state index in [-0.39, 0.29) is 35.3 Å². The summed E-state index contributed by atoms with van der Waals surface area (Å²) in [5.41, 5.74) is 5.89. The van der Waals surface area contributed by atoms with Gasteiger partial charge in [0.1, 0.15) is 0 Å². The van der Waals surface area contributed by atoms with Crippen molar-refractivity contribution in [3.05, 3.63) is 29.8 Å². The van der Waals surface area contributed by atoms with Gasteiger partial charge in [-0.25, -0.2) is 13.1 Å². The van der Waals surface area contributed by atoms with Crippen LogP contribution >= 0.6 is 12.4 Å². The van der Waals surface area contributed by atoms with Gasteiger partial charge in [0.05, 0.1) is 4.90 Å². The van der Waals surface area contributed by atoms with Crippen LogP contribution in [0.2, 0.25) is 0 Å². The molecule has 1 aliphatic carbocycles. The largest absolute Gasteiger partial charge is 0.338 e. The Bertz CT molecular complexity index is 632. The third kappa shape index (κ3) is 4.42. The molecule has 0 aromatic heterocycles. The highest BCUT2D eigenvalue weighted by molar-refractivity contribution is 7.89. The molecular formula is C14H22ClN3O3S. The van der Waals surface area contributed by atoms with Crippen LogP contribution in [-0.4, -0.2) is 44.9 Å². The normalized spacial score (nSPS) is 15.8. The summed E-state index contributed by atoms with van der Waals surface area (Å²) >= 11 is 0. The zero-order chi connectivity index (χ0) is 15.6. The predicted octanol–water partition coefficient (Wildman–Crippen LogP) is 0.968. The first-order chi connectivity index (χ1) is 9.85. The lowest BCUT2D eigenvalue weighted by Gasteiger charge is -2.23. The molecule has 6 nitrogen and oxygen atoms in total. The van der Waals surface area contributed by atoms with E-state index < -0.39 is 10.0 Å². The van der Waals surface area contributed by atoms with Crippen molar-refractivity contribution >= 4 is 28.3 Å². The average Bonchev–Trinajstić information content (AvgIpc) is 3.28. The minimum absolute atomic E-state index is 0. The van der Waals surface area contributed by atoms with Crippen molar-refractivity contribution in [2.75, 3.05) is 13.6 Å². The molecule has 0 aliphatic heterocycles. The Morgan fingerprint density at radius 2 is 2.09 bits per heavy atom. The first-order valence-corrected chi connectivity index (χ1v) is 8.43. The minimum atomic E-state index is -3.55. The van der Waals surface area contributed by atoms with E-state index in [0.717, 1.165) is 12.8 Å². The summed E-state index contributed by atoms with van der Waals surface area (Å²) in [5.74, 6) is -0.239. The number of rotatable bonds is 6. The fourth-order valence-corrected chi connectivity index (χ4v) is 3.20. The highest BCUT2D eigenvalue weighted by atomic mass is 35.5. The van der Waals surface area contributed by atoms with Crippen LogP contribution < -0.4 is 10.5 Å². The van der Waals surface area contributed by atoms with Crippen LogP contribution in [0.3, 0.4) is 0 Å². The number of hydrogen-bond acceptors (Lipinski definition) is 4. The number of nitrogens with one attached hydrogen (secondary N) is 1. The van der Waals surface area contributed by atoms with Crippen LogP contribution in [0, 0.1) is 0 Å². The lowest BCUT2D eigenvalue weighted by molar-refractivity contribution is 0.0748. The van der Waals surface area contributed by atoms with E-state index in [9.17, 15) is 13.2 Å². The van der Waals surface area contributed by atoms with Gasteiger partial charge in [-0.15, -0.1) is 12.4 Å². The van der Waals surface area contributed by atoms with Gasteiger partial charge in [0, 0.05) is 31.2 Å². The molecule has 1 fully saturated rings. The van der Waals surface area contributed by atoms with Gasteiger partial charge in [-0.05, 0) is 38.0 Å². The van der Waals surface area contributed by atoms with E-state index in [1.54, 1.807) is 19.2 Å². The Labute approximate surface area is 137 Å². The van der Waals surface area contributed by atoms with Crippen LogP contribution in [0.1, 0.15) is 30.1 Å². The van der Waals surface area contributed by atoms with E-state index >= 15 is 0 Å². The number of halogens is 1. The molecule has 1 aliphatic rings. The number of likely N-dealkylation sites (N-methyl/N-ethyl adjacent to an activating group) is 1. The number of amides is 1. The molecule has 1 amide bonds. The SMILES string of the molecule is CC(CN)N(C)C(=O)c1cccc(S(=O)(=O)NC2CC2)c1.Cl. The molecule has 1 unspecified atom stereocenters. The van der Waals surface area contributed by atoms with Crippen molar-refractivity contribution < 1.29 is 13.2 Å². The third-order valence-corrected chi connectivity index (χ3v) is 5.13. The molecule has 0 heterocycles. The molecule has 22 heavy (non-hydrogen) atoms. The average molecular weight is 348 g/mol. The number of nitrogens with zero attached hydrogens (tertiary/aromatic N) is 1. The second-order valence-corrected chi connectivity index (χ2v) is 7.14. The van der Waals surface area contributed by atoms with Gasteiger partial charge in [0.15, 0.2) is 0 Å². The second kappa shape index (κ2) is 7.41. The molecule has 0 saturated heterocycles. The summed E-state index contributed by atoms with van der Waals surface area (Å²) in [6.45, 7) is 2.19. The number of sulfonamides is 1. The van der Waals surface area contributed by atoms with Gasteiger partial charge in [-0.2, -0.15) is 0 Å². The lowest BCUT2D eigenvalue weighted by atomic mass is 10.2. The second-order valence-electron chi connectivity index (χ2n) is 5.42. The quantitative estimate of drug-likeness (QED) is 0.802. The van der Waals surface area contributed by atoms with E-state index in [0.29, 0.717) is 12.1 Å². The third-order valence-electron chi connectivity index (χ3n) is 3.61. The number of benzene rings is 1. The standard InChI is InChI=1S/C14H21N3O3S.ClH/c1-10(9-15)17(2)14(18)11-4-3-5-13(8-11)21(19,20)16-12-6-7-12;/h3-5,8,10,12,16H,6-7,9,15H2,1-2H3;1H. The number of nitrogens with two attached hydrogens (primary N) is 1. The van der Waals surface area contributed by atoms with Crippen molar-refractivity contribution in [2.24, 2.45) is 5.73 Å². The Kier molecular flexibility index (Phi) is 6.37. The number of carbonyl (C=O) groups is 1. The van der Waals surface area contributed by atoms with E-state index in [4.69, 9.17) is 5.73 Å². The van der Waals surface area contributed by atoms with Gasteiger partial charge in [-0.3, -0.25) is 4.79 Å². The zero-order valence-electron chi connectivity index (χ0n) is 12.7. The first-order valence-electron chi connectivity index (χ1n) is 6.95. The Hall–Kier alpha value is -1.15. The fraction of sp³-hybridized carbons (Fsp3) is 0.500. The van der Waals surface area contributed by atoms with Gasteiger partial charge >= 0.3 is 0 Å². The lowest BCUT2D eigenvalue weighted by Crippen LogP contribution is -2.39. The van der Waals surface area contributed by atoms with Gasteiger partial charge in [-0.1, -0.05) is 6.07 Å². The molecule has 0 spiro atoms. The highest BCUT2D eigenvalue weighted by Crippen LogP contribution is 2.22. The molecule has 0 radical (unpaired) electrons. The molecule has 1 saturated carbocycles. The molecule has 1 aromatic rings. The van der Waals surface area contributed by atoms with Crippen molar-refractivity contribution in [2.45, 2.75) is 36.7 Å². The van der Waals surface area contributed by atoms with Crippen LogP contribution in [0.15, 0.2) is 29.2 Å². The van der Waals surface area contributed by atoms with E-state index in [1.807, 2.05) is 6.92 Å². The summed E-state index contributed by atoms with van der Waals surface area (Å²) in [6, 6.07) is 6.02. The molecule has 1 atom stereocenters. The van der Waals surface area contributed by atoms with Crippen LogP contribution in [0.4, 0.5) is 0 Å². The molecule has 3 N–H and O–H groups in total. The minimum Gasteiger partial charge on any atom is -0.338 e. The van der Waals surface area contributed by atoms with Crippen molar-refractivity contribution in [3.8, 4) is 0 Å². The predicted molar refractivity (Wildman–Crippen MR) is 87.6 cm³/mol. The van der Waals surface area contributed by atoms with Gasteiger partial charge < -0.3 is 10.6 Å². The summed E-state index contributed by atoms with van der Waals surface area (Å²) in [4.78, 5) is 13.9. The van der Waals surface area contributed by atoms with Crippen LogP contribution in [0.25, 0.3) is 0 Å². The van der Waals surface area contributed by atoms with Gasteiger partial charge in [0.25, 0.3) is 5.91 Å². The molecule has 1 aromatic carbocycles. The van der Waals surface area contributed by atoms with Crippen molar-refractivity contribution in [3.63, 3.8) is 0 Å².